The van der Waals surface area contributed by atoms with E-state index in [4.69, 9.17) is 4.74 Å². The fourth-order valence-electron chi connectivity index (χ4n) is 2.36. The van der Waals surface area contributed by atoms with E-state index in [1.54, 1.807) is 0 Å². The number of carbonyl (C=O) groups excluding carboxylic acids is 1. The van der Waals surface area contributed by atoms with Crippen molar-refractivity contribution in [3.05, 3.63) is 35.9 Å². The van der Waals surface area contributed by atoms with Gasteiger partial charge in [0.15, 0.2) is 0 Å². The highest BCUT2D eigenvalue weighted by Gasteiger charge is 2.33. The van der Waals surface area contributed by atoms with E-state index in [0.717, 1.165) is 12.0 Å². The second kappa shape index (κ2) is 6.06. The molecule has 0 spiro atoms. The maximum absolute atomic E-state index is 12.3. The Labute approximate surface area is 122 Å². The van der Waals surface area contributed by atoms with E-state index in [0.29, 0.717) is 11.9 Å². The van der Waals surface area contributed by atoms with Crippen LogP contribution in [-0.4, -0.2) is 23.9 Å². The average molecular weight is 326 g/mol. The highest BCUT2D eigenvalue weighted by Crippen LogP contribution is 2.25. The number of benzene rings is 1. The molecule has 1 saturated heterocycles. The summed E-state index contributed by atoms with van der Waals surface area (Å²) in [4.78, 5) is 12.3. The van der Waals surface area contributed by atoms with Crippen molar-refractivity contribution in [2.45, 2.75) is 31.9 Å². The molecule has 2 rings (SSSR count). The van der Waals surface area contributed by atoms with Crippen LogP contribution in [0.5, 0.6) is 0 Å². The lowest BCUT2D eigenvalue weighted by Gasteiger charge is -2.30. The lowest BCUT2D eigenvalue weighted by atomic mass is 9.93. The molecule has 4 heteroatoms. The molecular weight excluding hydrogens is 306 g/mol. The minimum Gasteiger partial charge on any atom is -0.378 e. The van der Waals surface area contributed by atoms with Gasteiger partial charge in [-0.1, -0.05) is 46.3 Å². The second-order valence-electron chi connectivity index (χ2n) is 5.40. The Hall–Kier alpha value is -0.870. The van der Waals surface area contributed by atoms with Crippen molar-refractivity contribution in [1.82, 2.24) is 5.32 Å². The normalized spacial score (nSPS) is 25.8. The van der Waals surface area contributed by atoms with E-state index in [-0.39, 0.29) is 23.5 Å². The molecule has 0 saturated carbocycles. The van der Waals surface area contributed by atoms with Crippen LogP contribution < -0.4 is 5.32 Å². The Kier molecular flexibility index (Phi) is 4.63. The van der Waals surface area contributed by atoms with Gasteiger partial charge in [0, 0.05) is 5.33 Å². The molecule has 3 atom stereocenters. The first-order valence-electron chi connectivity index (χ1n) is 6.60. The summed E-state index contributed by atoms with van der Waals surface area (Å²) in [5.74, 6) is 0.0484. The molecule has 0 aromatic heterocycles. The van der Waals surface area contributed by atoms with Crippen LogP contribution in [-0.2, 0) is 15.1 Å². The Balaban J connectivity index is 2.08. The van der Waals surface area contributed by atoms with Crippen molar-refractivity contribution in [1.29, 1.82) is 0 Å². The Morgan fingerprint density at radius 3 is 2.68 bits per heavy atom. The zero-order valence-corrected chi connectivity index (χ0v) is 12.9. The van der Waals surface area contributed by atoms with Gasteiger partial charge in [-0.3, -0.25) is 4.79 Å². The zero-order chi connectivity index (χ0) is 13.9. The number of ether oxygens (including phenoxy) is 1. The summed E-state index contributed by atoms with van der Waals surface area (Å²) in [5.41, 5.74) is 0.719. The monoisotopic (exact) mass is 325 g/mol. The van der Waals surface area contributed by atoms with E-state index in [2.05, 4.69) is 21.2 Å². The summed E-state index contributed by atoms with van der Waals surface area (Å²) >= 11 is 3.51. The second-order valence-corrected chi connectivity index (χ2v) is 5.96. The SMILES string of the molecule is CC1CC(C(=O)NC(C)(CBr)c2ccccc2)CO1. The molecule has 1 aromatic carbocycles. The molecule has 3 nitrogen and oxygen atoms in total. The Morgan fingerprint density at radius 1 is 1.47 bits per heavy atom. The largest absolute Gasteiger partial charge is 0.378 e. The maximum atomic E-state index is 12.3. The number of carbonyl (C=O) groups is 1. The number of hydrogen-bond acceptors (Lipinski definition) is 2. The number of hydrogen-bond donors (Lipinski definition) is 1. The summed E-state index contributed by atoms with van der Waals surface area (Å²) in [6.45, 7) is 4.57. The number of halogens is 1. The van der Waals surface area contributed by atoms with E-state index < -0.39 is 0 Å². The first kappa shape index (κ1) is 14.5. The third kappa shape index (κ3) is 3.37. The lowest BCUT2D eigenvalue weighted by Crippen LogP contribution is -2.47. The lowest BCUT2D eigenvalue weighted by molar-refractivity contribution is -0.126. The van der Waals surface area contributed by atoms with Crippen LogP contribution in [0.3, 0.4) is 0 Å². The summed E-state index contributed by atoms with van der Waals surface area (Å²) < 4.78 is 5.47. The van der Waals surface area contributed by atoms with Crippen molar-refractivity contribution >= 4 is 21.8 Å². The van der Waals surface area contributed by atoms with Crippen LogP contribution in [0.1, 0.15) is 25.8 Å². The molecule has 1 N–H and O–H groups in total. The topological polar surface area (TPSA) is 38.3 Å². The molecule has 1 aromatic rings. The molecule has 0 radical (unpaired) electrons. The van der Waals surface area contributed by atoms with Gasteiger partial charge < -0.3 is 10.1 Å². The van der Waals surface area contributed by atoms with E-state index >= 15 is 0 Å². The minimum atomic E-state index is -0.385. The summed E-state index contributed by atoms with van der Waals surface area (Å²) in [6.07, 6.45) is 0.988. The molecule has 1 heterocycles. The number of rotatable bonds is 4. The highest BCUT2D eigenvalue weighted by molar-refractivity contribution is 9.09. The molecular formula is C15H20BrNO2. The zero-order valence-electron chi connectivity index (χ0n) is 11.4. The molecule has 1 fully saturated rings. The molecule has 19 heavy (non-hydrogen) atoms. The fraction of sp³-hybridized carbons (Fsp3) is 0.533. The van der Waals surface area contributed by atoms with Gasteiger partial charge in [-0.05, 0) is 25.8 Å². The number of alkyl halides is 1. The van der Waals surface area contributed by atoms with Crippen LogP contribution in [0.4, 0.5) is 0 Å². The smallest absolute Gasteiger partial charge is 0.226 e. The van der Waals surface area contributed by atoms with Crippen LogP contribution >= 0.6 is 15.9 Å². The number of amides is 1. The van der Waals surface area contributed by atoms with Crippen molar-refractivity contribution < 1.29 is 9.53 Å². The molecule has 1 amide bonds. The molecule has 1 aliphatic rings. The quantitative estimate of drug-likeness (QED) is 0.864. The molecule has 3 unspecified atom stereocenters. The van der Waals surface area contributed by atoms with E-state index in [1.807, 2.05) is 44.2 Å². The maximum Gasteiger partial charge on any atom is 0.226 e. The van der Waals surface area contributed by atoms with Crippen molar-refractivity contribution in [3.63, 3.8) is 0 Å². The summed E-state index contributed by atoms with van der Waals surface area (Å²) in [5, 5.41) is 3.84. The van der Waals surface area contributed by atoms with Crippen LogP contribution in [0.2, 0.25) is 0 Å². The predicted molar refractivity (Wildman–Crippen MR) is 79.3 cm³/mol. The molecule has 1 aliphatic heterocycles. The third-order valence-electron chi connectivity index (χ3n) is 3.65. The first-order chi connectivity index (χ1) is 9.05. The van der Waals surface area contributed by atoms with Crippen LogP contribution in [0.25, 0.3) is 0 Å². The van der Waals surface area contributed by atoms with Gasteiger partial charge in [-0.25, -0.2) is 0 Å². The average Bonchev–Trinajstić information content (AvgIpc) is 2.86. The van der Waals surface area contributed by atoms with Crippen molar-refractivity contribution in [2.75, 3.05) is 11.9 Å². The third-order valence-corrected chi connectivity index (χ3v) is 4.77. The van der Waals surface area contributed by atoms with Crippen molar-refractivity contribution in [2.24, 2.45) is 5.92 Å². The van der Waals surface area contributed by atoms with Crippen LogP contribution in [0.15, 0.2) is 30.3 Å². The highest BCUT2D eigenvalue weighted by atomic mass is 79.9. The molecule has 0 aliphatic carbocycles. The fourth-order valence-corrected chi connectivity index (χ4v) is 2.83. The van der Waals surface area contributed by atoms with Crippen LogP contribution in [0, 0.1) is 5.92 Å². The molecule has 0 bridgehead atoms. The summed E-state index contributed by atoms with van der Waals surface area (Å²) in [6, 6.07) is 10.0. The minimum absolute atomic E-state index is 0.0305. The number of nitrogens with one attached hydrogen (secondary N) is 1. The Morgan fingerprint density at radius 2 is 2.16 bits per heavy atom. The van der Waals surface area contributed by atoms with Gasteiger partial charge in [0.25, 0.3) is 0 Å². The summed E-state index contributed by atoms with van der Waals surface area (Å²) in [7, 11) is 0. The van der Waals surface area contributed by atoms with E-state index in [9.17, 15) is 4.79 Å². The van der Waals surface area contributed by atoms with Gasteiger partial charge in [-0.15, -0.1) is 0 Å². The van der Waals surface area contributed by atoms with Gasteiger partial charge >= 0.3 is 0 Å². The van der Waals surface area contributed by atoms with Gasteiger partial charge in [0.1, 0.15) is 0 Å². The van der Waals surface area contributed by atoms with Gasteiger partial charge in [0.05, 0.1) is 24.2 Å². The first-order valence-corrected chi connectivity index (χ1v) is 7.72. The van der Waals surface area contributed by atoms with E-state index in [1.165, 1.54) is 0 Å². The van der Waals surface area contributed by atoms with Gasteiger partial charge in [0.2, 0.25) is 5.91 Å². The molecule has 104 valence electrons. The van der Waals surface area contributed by atoms with Gasteiger partial charge in [-0.2, -0.15) is 0 Å². The van der Waals surface area contributed by atoms with Crippen molar-refractivity contribution in [3.8, 4) is 0 Å². The Bertz CT molecular complexity index is 437. The standard InChI is InChI=1S/C15H20BrNO2/c1-11-8-12(9-19-11)14(18)17-15(2,10-16)13-6-4-3-5-7-13/h3-7,11-12H,8-10H2,1-2H3,(H,17,18). The predicted octanol–water partition coefficient (Wildman–Crippen LogP) is 2.84.